The minimum absolute atomic E-state index is 0.0740. The Labute approximate surface area is 134 Å². The molecule has 1 amide bonds. The van der Waals surface area contributed by atoms with E-state index in [0.717, 1.165) is 22.9 Å². The standard InChI is InChI=1S/C14H14F3N3O2S/c1-19(2)13(22)5-11-18-10(8-23-11)7-20-6-9(14(15,16)17)3-4-12(20)21/h3-4,6,8H,5,7H2,1-2H3. The highest BCUT2D eigenvalue weighted by molar-refractivity contribution is 7.09. The van der Waals surface area contributed by atoms with Crippen molar-refractivity contribution in [2.24, 2.45) is 0 Å². The van der Waals surface area contributed by atoms with Gasteiger partial charge in [-0.25, -0.2) is 4.98 Å². The van der Waals surface area contributed by atoms with E-state index < -0.39 is 17.3 Å². The first-order valence-corrected chi connectivity index (χ1v) is 7.46. The number of pyridine rings is 1. The third-order valence-corrected chi connectivity index (χ3v) is 3.94. The zero-order valence-electron chi connectivity index (χ0n) is 12.4. The van der Waals surface area contributed by atoms with E-state index in [1.165, 1.54) is 16.2 Å². The molecule has 23 heavy (non-hydrogen) atoms. The van der Waals surface area contributed by atoms with E-state index in [1.54, 1.807) is 19.5 Å². The lowest BCUT2D eigenvalue weighted by Crippen LogP contribution is -2.23. The van der Waals surface area contributed by atoms with Crippen molar-refractivity contribution in [1.29, 1.82) is 0 Å². The van der Waals surface area contributed by atoms with Crippen LogP contribution in [0.25, 0.3) is 0 Å². The van der Waals surface area contributed by atoms with E-state index in [1.807, 2.05) is 0 Å². The van der Waals surface area contributed by atoms with Crippen molar-refractivity contribution in [3.8, 4) is 0 Å². The van der Waals surface area contributed by atoms with E-state index in [4.69, 9.17) is 0 Å². The van der Waals surface area contributed by atoms with Crippen LogP contribution in [0.4, 0.5) is 13.2 Å². The SMILES string of the molecule is CN(C)C(=O)Cc1nc(Cn2cc(C(F)(F)F)ccc2=O)cs1. The molecule has 0 aliphatic rings. The van der Waals surface area contributed by atoms with Crippen LogP contribution in [0, 0.1) is 0 Å². The summed E-state index contributed by atoms with van der Waals surface area (Å²) in [5.41, 5.74) is -0.995. The van der Waals surface area contributed by atoms with Crippen molar-refractivity contribution >= 4 is 17.2 Å². The Morgan fingerprint density at radius 3 is 2.65 bits per heavy atom. The number of amides is 1. The molecule has 9 heteroatoms. The van der Waals surface area contributed by atoms with Gasteiger partial charge >= 0.3 is 6.18 Å². The monoisotopic (exact) mass is 345 g/mol. The predicted molar refractivity (Wildman–Crippen MR) is 79.3 cm³/mol. The maximum Gasteiger partial charge on any atom is 0.417 e. The molecule has 124 valence electrons. The van der Waals surface area contributed by atoms with Crippen LogP contribution >= 0.6 is 11.3 Å². The normalized spacial score (nSPS) is 11.5. The molecule has 0 radical (unpaired) electrons. The molecule has 0 saturated carbocycles. The van der Waals surface area contributed by atoms with Crippen LogP contribution in [0.5, 0.6) is 0 Å². The Morgan fingerprint density at radius 1 is 1.35 bits per heavy atom. The third kappa shape index (κ3) is 4.41. The minimum atomic E-state index is -4.51. The quantitative estimate of drug-likeness (QED) is 0.852. The summed E-state index contributed by atoms with van der Waals surface area (Å²) < 4.78 is 39.0. The van der Waals surface area contributed by atoms with Gasteiger partial charge in [-0.1, -0.05) is 0 Å². The summed E-state index contributed by atoms with van der Waals surface area (Å²) >= 11 is 1.23. The summed E-state index contributed by atoms with van der Waals surface area (Å²) in [6.45, 7) is -0.0740. The van der Waals surface area contributed by atoms with Gasteiger partial charge in [0.25, 0.3) is 5.56 Å². The van der Waals surface area contributed by atoms with E-state index in [-0.39, 0.29) is 18.9 Å². The van der Waals surface area contributed by atoms with Crippen molar-refractivity contribution in [3.63, 3.8) is 0 Å². The molecular formula is C14H14F3N3O2S. The molecule has 2 aromatic rings. The van der Waals surface area contributed by atoms with Gasteiger partial charge < -0.3 is 9.47 Å². The van der Waals surface area contributed by atoms with Gasteiger partial charge in [-0.15, -0.1) is 11.3 Å². The molecule has 0 bridgehead atoms. The molecule has 0 aliphatic heterocycles. The molecule has 2 rings (SSSR count). The molecule has 0 aliphatic carbocycles. The van der Waals surface area contributed by atoms with Crippen LogP contribution in [0.2, 0.25) is 0 Å². The van der Waals surface area contributed by atoms with Crippen molar-refractivity contribution < 1.29 is 18.0 Å². The summed E-state index contributed by atoms with van der Waals surface area (Å²) in [6.07, 6.45) is -3.62. The topological polar surface area (TPSA) is 55.2 Å². The van der Waals surface area contributed by atoms with Gasteiger partial charge in [-0.2, -0.15) is 13.2 Å². The molecule has 0 aromatic carbocycles. The minimum Gasteiger partial charge on any atom is -0.348 e. The van der Waals surface area contributed by atoms with Crippen LogP contribution in [0.3, 0.4) is 0 Å². The van der Waals surface area contributed by atoms with Crippen molar-refractivity contribution in [1.82, 2.24) is 14.5 Å². The van der Waals surface area contributed by atoms with Gasteiger partial charge in [0.15, 0.2) is 0 Å². The lowest BCUT2D eigenvalue weighted by molar-refractivity contribution is -0.138. The molecule has 0 unspecified atom stereocenters. The van der Waals surface area contributed by atoms with Crippen LogP contribution in [0.15, 0.2) is 28.5 Å². The Morgan fingerprint density at radius 2 is 2.04 bits per heavy atom. The molecule has 0 spiro atoms. The highest BCUT2D eigenvalue weighted by Crippen LogP contribution is 2.28. The summed E-state index contributed by atoms with van der Waals surface area (Å²) in [5, 5.41) is 2.18. The van der Waals surface area contributed by atoms with E-state index >= 15 is 0 Å². The number of rotatable bonds is 4. The fourth-order valence-electron chi connectivity index (χ4n) is 1.79. The predicted octanol–water partition coefficient (Wildman–Crippen LogP) is 2.00. The zero-order chi connectivity index (χ0) is 17.2. The molecule has 2 heterocycles. The van der Waals surface area contributed by atoms with Gasteiger partial charge in [0.05, 0.1) is 24.2 Å². The number of hydrogen-bond donors (Lipinski definition) is 0. The number of carbonyl (C=O) groups excluding carboxylic acids is 1. The largest absolute Gasteiger partial charge is 0.417 e. The summed E-state index contributed by atoms with van der Waals surface area (Å²) in [7, 11) is 3.25. The first-order chi connectivity index (χ1) is 10.7. The average Bonchev–Trinajstić information content (AvgIpc) is 2.87. The highest BCUT2D eigenvalue weighted by atomic mass is 32.1. The molecule has 5 nitrogen and oxygen atoms in total. The number of alkyl halides is 3. The Kier molecular flexibility index (Phi) is 4.88. The Bertz CT molecular complexity index is 765. The van der Waals surface area contributed by atoms with Gasteiger partial charge in [0.2, 0.25) is 5.91 Å². The molecular weight excluding hydrogens is 331 g/mol. The average molecular weight is 345 g/mol. The van der Waals surface area contributed by atoms with Crippen molar-refractivity contribution in [2.45, 2.75) is 19.1 Å². The maximum atomic E-state index is 12.7. The fourth-order valence-corrected chi connectivity index (χ4v) is 2.56. The van der Waals surface area contributed by atoms with Crippen molar-refractivity contribution in [3.05, 3.63) is 50.3 Å². The van der Waals surface area contributed by atoms with Crippen LogP contribution in [0.1, 0.15) is 16.3 Å². The lowest BCUT2D eigenvalue weighted by Gasteiger charge is -2.09. The van der Waals surface area contributed by atoms with E-state index in [9.17, 15) is 22.8 Å². The van der Waals surface area contributed by atoms with Gasteiger partial charge in [-0.05, 0) is 6.07 Å². The van der Waals surface area contributed by atoms with Crippen molar-refractivity contribution in [2.75, 3.05) is 14.1 Å². The number of carbonyl (C=O) groups is 1. The molecule has 2 aromatic heterocycles. The molecule has 0 saturated heterocycles. The first-order valence-electron chi connectivity index (χ1n) is 6.58. The van der Waals surface area contributed by atoms with Gasteiger partial charge in [0.1, 0.15) is 5.01 Å². The summed E-state index contributed by atoms with van der Waals surface area (Å²) in [6, 6.07) is 1.63. The summed E-state index contributed by atoms with van der Waals surface area (Å²) in [5.74, 6) is -0.123. The number of aromatic nitrogens is 2. The van der Waals surface area contributed by atoms with E-state index in [2.05, 4.69) is 4.98 Å². The zero-order valence-corrected chi connectivity index (χ0v) is 13.2. The molecule has 0 atom stereocenters. The molecule has 0 N–H and O–H groups in total. The number of likely N-dealkylation sites (N-methyl/N-ethyl adjacent to an activating group) is 1. The lowest BCUT2D eigenvalue weighted by atomic mass is 10.2. The van der Waals surface area contributed by atoms with E-state index in [0.29, 0.717) is 10.7 Å². The van der Waals surface area contributed by atoms with Gasteiger partial charge in [0, 0.05) is 31.7 Å². The number of nitrogens with zero attached hydrogens (tertiary/aromatic N) is 3. The maximum absolute atomic E-state index is 12.7. The third-order valence-electron chi connectivity index (χ3n) is 3.04. The molecule has 0 fully saturated rings. The first kappa shape index (κ1) is 17.2. The number of thiazole rings is 1. The highest BCUT2D eigenvalue weighted by Gasteiger charge is 2.31. The van der Waals surface area contributed by atoms with Crippen LogP contribution < -0.4 is 5.56 Å². The second-order valence-corrected chi connectivity index (χ2v) is 6.02. The fraction of sp³-hybridized carbons (Fsp3) is 0.357. The van der Waals surface area contributed by atoms with Crippen LogP contribution in [-0.2, 0) is 23.9 Å². The second-order valence-electron chi connectivity index (χ2n) is 5.08. The Hall–Kier alpha value is -2.16. The Balaban J connectivity index is 2.18. The smallest absolute Gasteiger partial charge is 0.348 e. The summed E-state index contributed by atoms with van der Waals surface area (Å²) in [4.78, 5) is 28.9. The van der Waals surface area contributed by atoms with Crippen LogP contribution in [-0.4, -0.2) is 34.5 Å². The van der Waals surface area contributed by atoms with Gasteiger partial charge in [-0.3, -0.25) is 9.59 Å². The second kappa shape index (κ2) is 6.53. The number of halogens is 3. The number of hydrogen-bond acceptors (Lipinski definition) is 4.